The zero-order chi connectivity index (χ0) is 13.8. The molecule has 1 aliphatic carbocycles. The number of nitrogens with zero attached hydrogens (tertiary/aromatic N) is 1. The molecule has 2 unspecified atom stereocenters. The molecule has 4 heteroatoms. The highest BCUT2D eigenvalue weighted by Gasteiger charge is 2.26. The van der Waals surface area contributed by atoms with Gasteiger partial charge in [0.15, 0.2) is 0 Å². The molecule has 1 aromatic heterocycles. The molecule has 2 atom stereocenters. The third-order valence-corrected chi connectivity index (χ3v) is 4.11. The van der Waals surface area contributed by atoms with E-state index in [0.29, 0.717) is 17.4 Å². The van der Waals surface area contributed by atoms with Gasteiger partial charge in [0.2, 0.25) is 0 Å². The van der Waals surface area contributed by atoms with Gasteiger partial charge < -0.3 is 11.1 Å². The average Bonchev–Trinajstić information content (AvgIpc) is 2.83. The molecule has 1 fully saturated rings. The van der Waals surface area contributed by atoms with Gasteiger partial charge in [-0.2, -0.15) is 0 Å². The van der Waals surface area contributed by atoms with Crippen molar-refractivity contribution in [1.82, 2.24) is 10.3 Å². The van der Waals surface area contributed by atoms with Crippen molar-refractivity contribution in [2.45, 2.75) is 33.1 Å². The van der Waals surface area contributed by atoms with Crippen LogP contribution in [0, 0.1) is 25.7 Å². The Labute approximate surface area is 114 Å². The zero-order valence-electron chi connectivity index (χ0n) is 11.8. The highest BCUT2D eigenvalue weighted by molar-refractivity contribution is 5.95. The van der Waals surface area contributed by atoms with Crippen molar-refractivity contribution >= 4 is 5.91 Å². The van der Waals surface area contributed by atoms with Gasteiger partial charge >= 0.3 is 0 Å². The van der Waals surface area contributed by atoms with Crippen LogP contribution in [0.1, 0.15) is 41.0 Å². The number of carbonyl (C=O) groups excluding carboxylic acids is 1. The number of rotatable bonds is 4. The van der Waals surface area contributed by atoms with Crippen LogP contribution >= 0.6 is 0 Å². The topological polar surface area (TPSA) is 68.0 Å². The number of hydrogen-bond donors (Lipinski definition) is 2. The maximum absolute atomic E-state index is 12.1. The van der Waals surface area contributed by atoms with E-state index in [2.05, 4.69) is 10.3 Å². The molecule has 0 aromatic carbocycles. The Kier molecular flexibility index (Phi) is 4.53. The third kappa shape index (κ3) is 3.32. The normalized spacial score (nSPS) is 22.5. The summed E-state index contributed by atoms with van der Waals surface area (Å²) >= 11 is 0. The lowest BCUT2D eigenvalue weighted by molar-refractivity contribution is 0.0943. The van der Waals surface area contributed by atoms with Crippen molar-refractivity contribution in [2.24, 2.45) is 17.6 Å². The van der Waals surface area contributed by atoms with E-state index in [1.54, 1.807) is 0 Å². The van der Waals surface area contributed by atoms with E-state index >= 15 is 0 Å². The maximum atomic E-state index is 12.1. The van der Waals surface area contributed by atoms with Crippen LogP contribution in [-0.2, 0) is 0 Å². The molecule has 0 radical (unpaired) electrons. The van der Waals surface area contributed by atoms with Crippen molar-refractivity contribution in [3.05, 3.63) is 29.1 Å². The van der Waals surface area contributed by atoms with Gasteiger partial charge in [0.1, 0.15) is 0 Å². The quantitative estimate of drug-likeness (QED) is 0.868. The lowest BCUT2D eigenvalue weighted by Crippen LogP contribution is -2.33. The van der Waals surface area contributed by atoms with Crippen LogP contribution < -0.4 is 11.1 Å². The number of carbonyl (C=O) groups is 1. The Bertz CT molecular complexity index is 459. The number of nitrogens with two attached hydrogens (primary N) is 1. The van der Waals surface area contributed by atoms with Crippen LogP contribution in [0.4, 0.5) is 0 Å². The molecule has 1 saturated carbocycles. The van der Waals surface area contributed by atoms with Gasteiger partial charge in [0.05, 0.1) is 11.3 Å². The number of aromatic nitrogens is 1. The number of aryl methyl sites for hydroxylation is 2. The molecule has 1 aromatic rings. The van der Waals surface area contributed by atoms with Crippen LogP contribution in [0.2, 0.25) is 0 Å². The molecule has 0 saturated heterocycles. The Morgan fingerprint density at radius 3 is 2.79 bits per heavy atom. The van der Waals surface area contributed by atoms with E-state index < -0.39 is 0 Å². The molecule has 1 amide bonds. The first-order valence-corrected chi connectivity index (χ1v) is 7.04. The molecule has 0 spiro atoms. The van der Waals surface area contributed by atoms with E-state index in [-0.39, 0.29) is 5.91 Å². The molecule has 104 valence electrons. The minimum atomic E-state index is -0.0207. The fraction of sp³-hybridized carbons (Fsp3) is 0.600. The van der Waals surface area contributed by atoms with Gasteiger partial charge in [-0.25, -0.2) is 0 Å². The molecule has 1 heterocycles. The SMILES string of the molecule is Cc1ccc(C(=O)NCC2CCCC2CN)c(C)n1. The summed E-state index contributed by atoms with van der Waals surface area (Å²) in [6.07, 6.45) is 3.60. The van der Waals surface area contributed by atoms with Crippen LogP contribution in [-0.4, -0.2) is 24.0 Å². The predicted octanol–water partition coefficient (Wildman–Crippen LogP) is 1.80. The van der Waals surface area contributed by atoms with Crippen molar-refractivity contribution in [3.8, 4) is 0 Å². The summed E-state index contributed by atoms with van der Waals surface area (Å²) < 4.78 is 0. The van der Waals surface area contributed by atoms with E-state index in [1.165, 1.54) is 19.3 Å². The summed E-state index contributed by atoms with van der Waals surface area (Å²) in [4.78, 5) is 16.5. The first-order chi connectivity index (χ1) is 9.11. The monoisotopic (exact) mass is 261 g/mol. The lowest BCUT2D eigenvalue weighted by Gasteiger charge is -2.18. The Hall–Kier alpha value is -1.42. The number of hydrogen-bond acceptors (Lipinski definition) is 3. The number of amides is 1. The minimum absolute atomic E-state index is 0.0207. The van der Waals surface area contributed by atoms with E-state index in [9.17, 15) is 4.79 Å². The first-order valence-electron chi connectivity index (χ1n) is 7.04. The molecule has 0 bridgehead atoms. The molecule has 0 aliphatic heterocycles. The Morgan fingerprint density at radius 2 is 2.11 bits per heavy atom. The number of pyridine rings is 1. The van der Waals surface area contributed by atoms with Gasteiger partial charge in [-0.1, -0.05) is 6.42 Å². The third-order valence-electron chi connectivity index (χ3n) is 4.11. The summed E-state index contributed by atoms with van der Waals surface area (Å²) in [5.41, 5.74) is 8.16. The van der Waals surface area contributed by atoms with Crippen molar-refractivity contribution in [1.29, 1.82) is 0 Å². The molecular weight excluding hydrogens is 238 g/mol. The summed E-state index contributed by atoms with van der Waals surface area (Å²) in [5, 5.41) is 3.03. The zero-order valence-corrected chi connectivity index (χ0v) is 11.8. The maximum Gasteiger partial charge on any atom is 0.253 e. The highest BCUT2D eigenvalue weighted by Crippen LogP contribution is 2.30. The highest BCUT2D eigenvalue weighted by atomic mass is 16.1. The second kappa shape index (κ2) is 6.15. The summed E-state index contributed by atoms with van der Waals surface area (Å²) in [5.74, 6) is 1.08. The van der Waals surface area contributed by atoms with E-state index in [1.807, 2.05) is 26.0 Å². The smallest absolute Gasteiger partial charge is 0.253 e. The van der Waals surface area contributed by atoms with Crippen LogP contribution in [0.5, 0.6) is 0 Å². The van der Waals surface area contributed by atoms with Crippen LogP contribution in [0.3, 0.4) is 0 Å². The predicted molar refractivity (Wildman–Crippen MR) is 75.9 cm³/mol. The molecule has 2 rings (SSSR count). The summed E-state index contributed by atoms with van der Waals surface area (Å²) in [6.45, 7) is 5.26. The van der Waals surface area contributed by atoms with Crippen LogP contribution in [0.25, 0.3) is 0 Å². The standard InChI is InChI=1S/C15H23N3O/c1-10-6-7-14(11(2)18-10)15(19)17-9-13-5-3-4-12(13)8-16/h6-7,12-13H,3-5,8-9,16H2,1-2H3,(H,17,19). The van der Waals surface area contributed by atoms with Crippen molar-refractivity contribution < 1.29 is 4.79 Å². The van der Waals surface area contributed by atoms with E-state index in [0.717, 1.165) is 24.5 Å². The summed E-state index contributed by atoms with van der Waals surface area (Å²) in [7, 11) is 0. The lowest BCUT2D eigenvalue weighted by atomic mass is 9.96. The first kappa shape index (κ1) is 14.0. The van der Waals surface area contributed by atoms with Gasteiger partial charge in [0.25, 0.3) is 5.91 Å². The minimum Gasteiger partial charge on any atom is -0.352 e. The molecular formula is C15H23N3O. The molecule has 1 aliphatic rings. The average molecular weight is 261 g/mol. The molecule has 19 heavy (non-hydrogen) atoms. The van der Waals surface area contributed by atoms with Gasteiger partial charge in [-0.05, 0) is 57.2 Å². The van der Waals surface area contributed by atoms with Gasteiger partial charge in [0, 0.05) is 12.2 Å². The van der Waals surface area contributed by atoms with Crippen LogP contribution in [0.15, 0.2) is 12.1 Å². The van der Waals surface area contributed by atoms with Gasteiger partial charge in [-0.3, -0.25) is 9.78 Å². The Balaban J connectivity index is 1.94. The largest absolute Gasteiger partial charge is 0.352 e. The Morgan fingerprint density at radius 1 is 1.37 bits per heavy atom. The fourth-order valence-corrected chi connectivity index (χ4v) is 2.94. The summed E-state index contributed by atoms with van der Waals surface area (Å²) in [6, 6.07) is 3.72. The number of nitrogens with one attached hydrogen (secondary N) is 1. The van der Waals surface area contributed by atoms with Crippen molar-refractivity contribution in [3.63, 3.8) is 0 Å². The molecule has 4 nitrogen and oxygen atoms in total. The van der Waals surface area contributed by atoms with Gasteiger partial charge in [-0.15, -0.1) is 0 Å². The second-order valence-electron chi connectivity index (χ2n) is 5.48. The second-order valence-corrected chi connectivity index (χ2v) is 5.48. The molecule has 3 N–H and O–H groups in total. The van der Waals surface area contributed by atoms with Crippen molar-refractivity contribution in [2.75, 3.05) is 13.1 Å². The van der Waals surface area contributed by atoms with E-state index in [4.69, 9.17) is 5.73 Å². The fourth-order valence-electron chi connectivity index (χ4n) is 2.94.